The van der Waals surface area contributed by atoms with Crippen molar-refractivity contribution in [3.63, 3.8) is 0 Å². The lowest BCUT2D eigenvalue weighted by Gasteiger charge is -2.05. The Balaban J connectivity index is 1.68. The Morgan fingerprint density at radius 3 is 2.86 bits per heavy atom. The van der Waals surface area contributed by atoms with Crippen LogP contribution in [0.15, 0.2) is 48.8 Å². The van der Waals surface area contributed by atoms with E-state index in [2.05, 4.69) is 25.5 Å². The third-order valence-electron chi connectivity index (χ3n) is 2.93. The molecule has 110 valence electrons. The summed E-state index contributed by atoms with van der Waals surface area (Å²) in [5.74, 6) is 0.763. The third-order valence-corrected chi connectivity index (χ3v) is 3.26. The lowest BCUT2D eigenvalue weighted by atomic mass is 10.3. The van der Waals surface area contributed by atoms with Crippen molar-refractivity contribution in [2.24, 2.45) is 0 Å². The number of aromatic nitrogens is 4. The number of benzene rings is 1. The summed E-state index contributed by atoms with van der Waals surface area (Å²) in [7, 11) is 0. The fourth-order valence-corrected chi connectivity index (χ4v) is 2.09. The molecule has 0 atom stereocenters. The number of carbonyl (C=O) groups excluding carboxylic acids is 1. The van der Waals surface area contributed by atoms with E-state index in [4.69, 9.17) is 11.6 Å². The summed E-state index contributed by atoms with van der Waals surface area (Å²) in [6, 6.07) is 10.7. The van der Waals surface area contributed by atoms with E-state index in [1.54, 1.807) is 42.7 Å². The predicted octanol–water partition coefficient (Wildman–Crippen LogP) is 2.70. The van der Waals surface area contributed by atoms with E-state index in [1.807, 2.05) is 6.07 Å². The zero-order chi connectivity index (χ0) is 15.4. The standard InChI is InChI=1S/C15H12ClN5O/c16-11-5-1-2-6-12(11)18-14(22)8-13-19-15(21-20-13)10-4-3-7-17-9-10/h1-7,9H,8H2,(H,18,22)(H,19,20,21). The molecular weight excluding hydrogens is 302 g/mol. The van der Waals surface area contributed by atoms with Gasteiger partial charge < -0.3 is 5.32 Å². The number of hydrogen-bond donors (Lipinski definition) is 2. The van der Waals surface area contributed by atoms with Crippen LogP contribution in [0.5, 0.6) is 0 Å². The number of hydrogen-bond acceptors (Lipinski definition) is 4. The SMILES string of the molecule is O=C(Cc1nc(-c2cccnc2)n[nH]1)Nc1ccccc1Cl. The lowest BCUT2D eigenvalue weighted by Crippen LogP contribution is -2.15. The Morgan fingerprint density at radius 2 is 2.09 bits per heavy atom. The Labute approximate surface area is 131 Å². The molecule has 6 nitrogen and oxygen atoms in total. The maximum Gasteiger partial charge on any atom is 0.232 e. The maximum atomic E-state index is 12.0. The van der Waals surface area contributed by atoms with Gasteiger partial charge in [0.2, 0.25) is 5.91 Å². The smallest absolute Gasteiger partial charge is 0.232 e. The molecule has 0 bridgehead atoms. The van der Waals surface area contributed by atoms with Crippen molar-refractivity contribution in [1.29, 1.82) is 0 Å². The van der Waals surface area contributed by atoms with E-state index in [-0.39, 0.29) is 12.3 Å². The monoisotopic (exact) mass is 313 g/mol. The number of carbonyl (C=O) groups is 1. The topological polar surface area (TPSA) is 83.6 Å². The van der Waals surface area contributed by atoms with Gasteiger partial charge >= 0.3 is 0 Å². The van der Waals surface area contributed by atoms with Gasteiger partial charge in [0, 0.05) is 18.0 Å². The molecule has 0 saturated heterocycles. The van der Waals surface area contributed by atoms with E-state index >= 15 is 0 Å². The van der Waals surface area contributed by atoms with Gasteiger partial charge in [0.25, 0.3) is 0 Å². The molecule has 0 spiro atoms. The van der Waals surface area contributed by atoms with Crippen molar-refractivity contribution < 1.29 is 4.79 Å². The molecule has 0 radical (unpaired) electrons. The van der Waals surface area contributed by atoms with Crippen LogP contribution in [0.1, 0.15) is 5.82 Å². The number of rotatable bonds is 4. The number of pyridine rings is 1. The molecule has 3 rings (SSSR count). The van der Waals surface area contributed by atoms with Crippen molar-refractivity contribution in [2.75, 3.05) is 5.32 Å². The highest BCUT2D eigenvalue weighted by Gasteiger charge is 2.11. The zero-order valence-corrected chi connectivity index (χ0v) is 12.2. The Kier molecular flexibility index (Phi) is 4.11. The molecule has 0 unspecified atom stereocenters. The number of halogens is 1. The average Bonchev–Trinajstić information content (AvgIpc) is 2.99. The molecule has 1 aromatic carbocycles. The van der Waals surface area contributed by atoms with Gasteiger partial charge in [0.05, 0.1) is 17.1 Å². The summed E-state index contributed by atoms with van der Waals surface area (Å²) in [5.41, 5.74) is 1.36. The molecule has 7 heteroatoms. The van der Waals surface area contributed by atoms with Crippen LogP contribution < -0.4 is 5.32 Å². The third kappa shape index (κ3) is 3.29. The van der Waals surface area contributed by atoms with Crippen LogP contribution in [-0.2, 0) is 11.2 Å². The van der Waals surface area contributed by atoms with Crippen LogP contribution in [0.3, 0.4) is 0 Å². The summed E-state index contributed by atoms with van der Waals surface area (Å²) in [6.07, 6.45) is 3.42. The van der Waals surface area contributed by atoms with Crippen molar-refractivity contribution in [1.82, 2.24) is 20.2 Å². The Morgan fingerprint density at radius 1 is 1.23 bits per heavy atom. The van der Waals surface area contributed by atoms with E-state index in [0.29, 0.717) is 22.4 Å². The van der Waals surface area contributed by atoms with Gasteiger partial charge in [0.15, 0.2) is 5.82 Å². The predicted molar refractivity (Wildman–Crippen MR) is 83.4 cm³/mol. The lowest BCUT2D eigenvalue weighted by molar-refractivity contribution is -0.115. The van der Waals surface area contributed by atoms with Crippen molar-refractivity contribution in [3.8, 4) is 11.4 Å². The highest BCUT2D eigenvalue weighted by Crippen LogP contribution is 2.20. The number of para-hydroxylation sites is 1. The van der Waals surface area contributed by atoms with Gasteiger partial charge in [-0.25, -0.2) is 4.98 Å². The largest absolute Gasteiger partial charge is 0.324 e. The number of anilines is 1. The van der Waals surface area contributed by atoms with Gasteiger partial charge in [-0.15, -0.1) is 0 Å². The first-order valence-corrected chi connectivity index (χ1v) is 6.96. The zero-order valence-electron chi connectivity index (χ0n) is 11.5. The molecule has 0 aliphatic heterocycles. The molecule has 2 N–H and O–H groups in total. The first kappa shape index (κ1) is 14.2. The normalized spacial score (nSPS) is 10.4. The van der Waals surface area contributed by atoms with E-state index < -0.39 is 0 Å². The van der Waals surface area contributed by atoms with Crippen molar-refractivity contribution in [2.45, 2.75) is 6.42 Å². The molecular formula is C15H12ClN5O. The Bertz CT molecular complexity index is 787. The average molecular weight is 314 g/mol. The minimum Gasteiger partial charge on any atom is -0.324 e. The van der Waals surface area contributed by atoms with Gasteiger partial charge in [-0.1, -0.05) is 23.7 Å². The number of amides is 1. The van der Waals surface area contributed by atoms with Crippen molar-refractivity contribution in [3.05, 3.63) is 59.6 Å². The van der Waals surface area contributed by atoms with Crippen LogP contribution in [-0.4, -0.2) is 26.1 Å². The van der Waals surface area contributed by atoms with E-state index in [9.17, 15) is 4.79 Å². The van der Waals surface area contributed by atoms with Gasteiger partial charge in [0.1, 0.15) is 5.82 Å². The maximum absolute atomic E-state index is 12.0. The van der Waals surface area contributed by atoms with Gasteiger partial charge in [-0.3, -0.25) is 14.9 Å². The van der Waals surface area contributed by atoms with Crippen molar-refractivity contribution >= 4 is 23.2 Å². The Hall–Kier alpha value is -2.73. The molecule has 0 saturated carbocycles. The number of nitrogens with zero attached hydrogens (tertiary/aromatic N) is 3. The molecule has 2 heterocycles. The fraction of sp³-hybridized carbons (Fsp3) is 0.0667. The molecule has 22 heavy (non-hydrogen) atoms. The van der Waals surface area contributed by atoms with Crippen LogP contribution in [0, 0.1) is 0 Å². The number of nitrogens with one attached hydrogen (secondary N) is 2. The highest BCUT2D eigenvalue weighted by molar-refractivity contribution is 6.33. The van der Waals surface area contributed by atoms with Crippen LogP contribution >= 0.6 is 11.6 Å². The second-order valence-electron chi connectivity index (χ2n) is 4.55. The van der Waals surface area contributed by atoms with Crippen LogP contribution in [0.4, 0.5) is 5.69 Å². The minimum absolute atomic E-state index is 0.0818. The summed E-state index contributed by atoms with van der Waals surface area (Å²) < 4.78 is 0. The molecule has 2 aromatic heterocycles. The summed E-state index contributed by atoms with van der Waals surface area (Å²) in [4.78, 5) is 20.3. The van der Waals surface area contributed by atoms with Crippen LogP contribution in [0.25, 0.3) is 11.4 Å². The summed E-state index contributed by atoms with van der Waals surface area (Å²) in [6.45, 7) is 0. The van der Waals surface area contributed by atoms with Gasteiger partial charge in [-0.05, 0) is 24.3 Å². The quantitative estimate of drug-likeness (QED) is 0.775. The second-order valence-corrected chi connectivity index (χ2v) is 4.96. The molecule has 0 fully saturated rings. The number of aromatic amines is 1. The minimum atomic E-state index is -0.220. The first-order valence-electron chi connectivity index (χ1n) is 6.58. The second kappa shape index (κ2) is 6.36. The summed E-state index contributed by atoms with van der Waals surface area (Å²) in [5, 5.41) is 10.1. The van der Waals surface area contributed by atoms with Crippen LogP contribution in [0.2, 0.25) is 5.02 Å². The molecule has 0 aliphatic carbocycles. The van der Waals surface area contributed by atoms with E-state index in [0.717, 1.165) is 5.56 Å². The molecule has 3 aromatic rings. The highest BCUT2D eigenvalue weighted by atomic mass is 35.5. The molecule has 0 aliphatic rings. The van der Waals surface area contributed by atoms with Gasteiger partial charge in [-0.2, -0.15) is 5.10 Å². The van der Waals surface area contributed by atoms with E-state index in [1.165, 1.54) is 0 Å². The molecule has 1 amide bonds. The first-order chi connectivity index (χ1) is 10.7. The number of H-pyrrole nitrogens is 1. The fourth-order valence-electron chi connectivity index (χ4n) is 1.91. The summed E-state index contributed by atoms with van der Waals surface area (Å²) >= 11 is 6.00.